The predicted molar refractivity (Wildman–Crippen MR) is 64.2 cm³/mol. The number of hydrogen-bond acceptors (Lipinski definition) is 6. The summed E-state index contributed by atoms with van der Waals surface area (Å²) in [6.07, 6.45) is 0. The smallest absolute Gasteiger partial charge is 0.311 e. The predicted octanol–water partition coefficient (Wildman–Crippen LogP) is 1.15. The standard InChI is InChI=1S/C10H16N4O3/c1-10(2,11)6-12-9-7(14(15)16)4-5-8(13-9)17-3/h4-5H,6,11H2,1-3H3,(H,12,13). The third-order valence-electron chi connectivity index (χ3n) is 1.97. The Morgan fingerprint density at radius 2 is 2.24 bits per heavy atom. The minimum absolute atomic E-state index is 0.102. The fourth-order valence-electron chi connectivity index (χ4n) is 1.14. The molecule has 0 amide bonds. The van der Waals surface area contributed by atoms with Crippen LogP contribution in [0.15, 0.2) is 12.1 Å². The molecule has 0 aliphatic rings. The van der Waals surface area contributed by atoms with Crippen molar-refractivity contribution >= 4 is 11.5 Å². The van der Waals surface area contributed by atoms with Crippen molar-refractivity contribution in [3.8, 4) is 5.88 Å². The minimum Gasteiger partial charge on any atom is -0.481 e. The second-order valence-corrected chi connectivity index (χ2v) is 4.32. The molecule has 1 aromatic heterocycles. The molecule has 0 aromatic carbocycles. The second-order valence-electron chi connectivity index (χ2n) is 4.32. The lowest BCUT2D eigenvalue weighted by Gasteiger charge is -2.19. The Hall–Kier alpha value is -1.89. The number of rotatable bonds is 5. The molecular formula is C10H16N4O3. The van der Waals surface area contributed by atoms with Gasteiger partial charge in [0.15, 0.2) is 0 Å². The molecule has 0 spiro atoms. The van der Waals surface area contributed by atoms with Gasteiger partial charge in [0, 0.05) is 24.2 Å². The van der Waals surface area contributed by atoms with Crippen LogP contribution >= 0.6 is 0 Å². The normalized spacial score (nSPS) is 11.1. The lowest BCUT2D eigenvalue weighted by molar-refractivity contribution is -0.384. The number of anilines is 1. The molecular weight excluding hydrogens is 224 g/mol. The topological polar surface area (TPSA) is 103 Å². The number of aromatic nitrogens is 1. The number of nitrogens with one attached hydrogen (secondary N) is 1. The van der Waals surface area contributed by atoms with Crippen LogP contribution in [0.5, 0.6) is 5.88 Å². The number of nitrogens with zero attached hydrogens (tertiary/aromatic N) is 2. The maximum absolute atomic E-state index is 10.8. The first-order valence-electron chi connectivity index (χ1n) is 5.05. The summed E-state index contributed by atoms with van der Waals surface area (Å²) < 4.78 is 4.92. The molecule has 0 aliphatic carbocycles. The van der Waals surface area contributed by atoms with Crippen LogP contribution in [0.3, 0.4) is 0 Å². The highest BCUT2D eigenvalue weighted by atomic mass is 16.6. The van der Waals surface area contributed by atoms with Gasteiger partial charge in [-0.15, -0.1) is 0 Å². The van der Waals surface area contributed by atoms with E-state index in [0.717, 1.165) is 0 Å². The summed E-state index contributed by atoms with van der Waals surface area (Å²) in [6, 6.07) is 2.79. The summed E-state index contributed by atoms with van der Waals surface area (Å²) >= 11 is 0. The van der Waals surface area contributed by atoms with Crippen molar-refractivity contribution in [1.82, 2.24) is 4.98 Å². The molecule has 0 radical (unpaired) electrons. The van der Waals surface area contributed by atoms with Gasteiger partial charge in [-0.3, -0.25) is 10.1 Å². The first-order chi connectivity index (χ1) is 7.83. The van der Waals surface area contributed by atoms with Crippen LogP contribution in [0, 0.1) is 10.1 Å². The highest BCUT2D eigenvalue weighted by Gasteiger charge is 2.18. The average molecular weight is 240 g/mol. The molecule has 0 unspecified atom stereocenters. The number of ether oxygens (including phenoxy) is 1. The van der Waals surface area contributed by atoms with Gasteiger partial charge in [0.1, 0.15) is 0 Å². The molecule has 7 heteroatoms. The third-order valence-corrected chi connectivity index (χ3v) is 1.97. The highest BCUT2D eigenvalue weighted by molar-refractivity contribution is 5.57. The van der Waals surface area contributed by atoms with Gasteiger partial charge < -0.3 is 15.8 Å². The number of nitro groups is 1. The van der Waals surface area contributed by atoms with E-state index in [2.05, 4.69) is 10.3 Å². The van der Waals surface area contributed by atoms with Crippen molar-refractivity contribution in [2.24, 2.45) is 5.73 Å². The van der Waals surface area contributed by atoms with Crippen molar-refractivity contribution in [3.05, 3.63) is 22.2 Å². The quantitative estimate of drug-likeness (QED) is 0.591. The average Bonchev–Trinajstić information content (AvgIpc) is 2.24. The van der Waals surface area contributed by atoms with Crippen LogP contribution in [-0.2, 0) is 0 Å². The maximum Gasteiger partial charge on any atom is 0.311 e. The van der Waals surface area contributed by atoms with Crippen LogP contribution < -0.4 is 15.8 Å². The van der Waals surface area contributed by atoms with Crippen molar-refractivity contribution in [2.45, 2.75) is 19.4 Å². The van der Waals surface area contributed by atoms with Crippen LogP contribution in [0.1, 0.15) is 13.8 Å². The lowest BCUT2D eigenvalue weighted by atomic mass is 10.1. The van der Waals surface area contributed by atoms with Crippen molar-refractivity contribution < 1.29 is 9.66 Å². The zero-order valence-electron chi connectivity index (χ0n) is 10.1. The van der Waals surface area contributed by atoms with Crippen LogP contribution in [0.4, 0.5) is 11.5 Å². The van der Waals surface area contributed by atoms with Gasteiger partial charge in [-0.05, 0) is 13.8 Å². The largest absolute Gasteiger partial charge is 0.481 e. The van der Waals surface area contributed by atoms with Gasteiger partial charge in [-0.25, -0.2) is 0 Å². The van der Waals surface area contributed by atoms with Gasteiger partial charge in [-0.1, -0.05) is 0 Å². The van der Waals surface area contributed by atoms with E-state index in [4.69, 9.17) is 10.5 Å². The van der Waals surface area contributed by atoms with E-state index < -0.39 is 10.5 Å². The highest BCUT2D eigenvalue weighted by Crippen LogP contribution is 2.24. The number of nitrogens with two attached hydrogens (primary N) is 1. The Bertz CT molecular complexity index is 415. The zero-order valence-corrected chi connectivity index (χ0v) is 10.1. The van der Waals surface area contributed by atoms with E-state index in [1.165, 1.54) is 19.2 Å². The van der Waals surface area contributed by atoms with Crippen molar-refractivity contribution in [2.75, 3.05) is 19.0 Å². The molecule has 7 nitrogen and oxygen atoms in total. The Labute approximate surface area is 99.1 Å². The van der Waals surface area contributed by atoms with E-state index in [-0.39, 0.29) is 11.5 Å². The molecule has 0 atom stereocenters. The monoisotopic (exact) mass is 240 g/mol. The van der Waals surface area contributed by atoms with Gasteiger partial charge in [-0.2, -0.15) is 4.98 Å². The number of pyridine rings is 1. The second kappa shape index (κ2) is 4.96. The van der Waals surface area contributed by atoms with E-state index in [1.54, 1.807) is 0 Å². The molecule has 0 fully saturated rings. The van der Waals surface area contributed by atoms with Gasteiger partial charge in [0.25, 0.3) is 0 Å². The first kappa shape index (κ1) is 13.2. The summed E-state index contributed by atoms with van der Waals surface area (Å²) in [7, 11) is 1.45. The summed E-state index contributed by atoms with van der Waals surface area (Å²) in [4.78, 5) is 14.3. The maximum atomic E-state index is 10.8. The Kier molecular flexibility index (Phi) is 3.84. The van der Waals surface area contributed by atoms with Crippen LogP contribution in [-0.4, -0.2) is 29.1 Å². The fourth-order valence-corrected chi connectivity index (χ4v) is 1.14. The van der Waals surface area contributed by atoms with Crippen LogP contribution in [0.2, 0.25) is 0 Å². The molecule has 0 aliphatic heterocycles. The number of hydrogen-bond donors (Lipinski definition) is 2. The number of methoxy groups -OCH3 is 1. The molecule has 1 rings (SSSR count). The Morgan fingerprint density at radius 3 is 2.71 bits per heavy atom. The van der Waals surface area contributed by atoms with E-state index >= 15 is 0 Å². The summed E-state index contributed by atoms with van der Waals surface area (Å²) in [6.45, 7) is 3.99. The molecule has 1 aromatic rings. The summed E-state index contributed by atoms with van der Waals surface area (Å²) in [5.41, 5.74) is 5.20. The van der Waals surface area contributed by atoms with Crippen LogP contribution in [0.25, 0.3) is 0 Å². The molecule has 3 N–H and O–H groups in total. The van der Waals surface area contributed by atoms with Gasteiger partial charge in [0.05, 0.1) is 12.0 Å². The van der Waals surface area contributed by atoms with E-state index in [9.17, 15) is 10.1 Å². The minimum atomic E-state index is -0.502. The Balaban J connectivity index is 2.97. The van der Waals surface area contributed by atoms with Gasteiger partial charge in [0.2, 0.25) is 11.7 Å². The van der Waals surface area contributed by atoms with Crippen molar-refractivity contribution in [3.63, 3.8) is 0 Å². The molecule has 94 valence electrons. The summed E-state index contributed by atoms with van der Waals surface area (Å²) in [5.74, 6) is 0.473. The molecule has 0 bridgehead atoms. The SMILES string of the molecule is COc1ccc([N+](=O)[O-])c(NCC(C)(C)N)n1. The molecule has 17 heavy (non-hydrogen) atoms. The molecule has 0 saturated carbocycles. The van der Waals surface area contributed by atoms with Crippen molar-refractivity contribution in [1.29, 1.82) is 0 Å². The summed E-state index contributed by atoms with van der Waals surface area (Å²) in [5, 5.41) is 13.7. The van der Waals surface area contributed by atoms with E-state index in [0.29, 0.717) is 12.4 Å². The lowest BCUT2D eigenvalue weighted by Crippen LogP contribution is -2.39. The molecule has 0 saturated heterocycles. The van der Waals surface area contributed by atoms with E-state index in [1.807, 2.05) is 13.8 Å². The molecule has 1 heterocycles. The van der Waals surface area contributed by atoms with Gasteiger partial charge >= 0.3 is 5.69 Å². The third kappa shape index (κ3) is 3.87. The first-order valence-corrected chi connectivity index (χ1v) is 5.05. The fraction of sp³-hybridized carbons (Fsp3) is 0.500. The zero-order chi connectivity index (χ0) is 13.1. The Morgan fingerprint density at radius 1 is 1.59 bits per heavy atom.